The van der Waals surface area contributed by atoms with E-state index in [1.807, 2.05) is 17.8 Å². The Balaban J connectivity index is 2.06. The SMILES string of the molecule is Cc1cccc(CSC(c2ccccc2)C(C)N)c1. The van der Waals surface area contributed by atoms with Gasteiger partial charge >= 0.3 is 0 Å². The third kappa shape index (κ3) is 4.12. The molecule has 19 heavy (non-hydrogen) atoms. The molecule has 0 aromatic heterocycles. The zero-order valence-corrected chi connectivity index (χ0v) is 12.4. The zero-order valence-electron chi connectivity index (χ0n) is 11.5. The van der Waals surface area contributed by atoms with Gasteiger partial charge < -0.3 is 5.73 Å². The molecule has 2 rings (SSSR count). The largest absolute Gasteiger partial charge is 0.327 e. The molecule has 0 aliphatic heterocycles. The van der Waals surface area contributed by atoms with E-state index in [1.165, 1.54) is 16.7 Å². The predicted molar refractivity (Wildman–Crippen MR) is 85.3 cm³/mol. The Kier molecular flexibility index (Phi) is 5.06. The molecule has 0 aliphatic rings. The van der Waals surface area contributed by atoms with Crippen LogP contribution in [0.3, 0.4) is 0 Å². The van der Waals surface area contributed by atoms with Crippen LogP contribution in [0.1, 0.15) is 28.9 Å². The summed E-state index contributed by atoms with van der Waals surface area (Å²) in [5.41, 5.74) is 10.1. The predicted octanol–water partition coefficient (Wildman–Crippen LogP) is 4.32. The fourth-order valence-electron chi connectivity index (χ4n) is 2.18. The minimum atomic E-state index is 0.150. The molecular weight excluding hydrogens is 250 g/mol. The van der Waals surface area contributed by atoms with Gasteiger partial charge in [0.2, 0.25) is 0 Å². The lowest BCUT2D eigenvalue weighted by Crippen LogP contribution is -2.22. The van der Waals surface area contributed by atoms with Gasteiger partial charge in [0, 0.05) is 17.0 Å². The van der Waals surface area contributed by atoms with E-state index in [9.17, 15) is 0 Å². The monoisotopic (exact) mass is 271 g/mol. The fraction of sp³-hybridized carbons (Fsp3) is 0.294. The van der Waals surface area contributed by atoms with Crippen LogP contribution in [0.5, 0.6) is 0 Å². The van der Waals surface area contributed by atoms with Gasteiger partial charge in [0.05, 0.1) is 0 Å². The normalized spacial score (nSPS) is 14.1. The van der Waals surface area contributed by atoms with Crippen molar-refractivity contribution < 1.29 is 0 Å². The van der Waals surface area contributed by atoms with Gasteiger partial charge in [-0.3, -0.25) is 0 Å². The molecule has 0 radical (unpaired) electrons. The second-order valence-electron chi connectivity index (χ2n) is 4.99. The molecule has 1 nitrogen and oxygen atoms in total. The number of hydrogen-bond donors (Lipinski definition) is 1. The lowest BCUT2D eigenvalue weighted by molar-refractivity contribution is 0.721. The lowest BCUT2D eigenvalue weighted by Gasteiger charge is -2.21. The van der Waals surface area contributed by atoms with Crippen molar-refractivity contribution in [3.63, 3.8) is 0 Å². The van der Waals surface area contributed by atoms with Crippen LogP contribution in [0.4, 0.5) is 0 Å². The summed E-state index contributed by atoms with van der Waals surface area (Å²) in [6.45, 7) is 4.22. The quantitative estimate of drug-likeness (QED) is 0.876. The maximum Gasteiger partial charge on any atom is 0.0448 e. The van der Waals surface area contributed by atoms with Gasteiger partial charge in [0.15, 0.2) is 0 Å². The Morgan fingerprint density at radius 2 is 1.79 bits per heavy atom. The summed E-state index contributed by atoms with van der Waals surface area (Å²) in [7, 11) is 0. The fourth-order valence-corrected chi connectivity index (χ4v) is 3.39. The summed E-state index contributed by atoms with van der Waals surface area (Å²) in [5.74, 6) is 1.00. The van der Waals surface area contributed by atoms with Crippen LogP contribution in [0, 0.1) is 6.92 Å². The Labute approximate surface area is 120 Å². The van der Waals surface area contributed by atoms with Crippen molar-refractivity contribution in [3.05, 3.63) is 71.3 Å². The molecule has 0 saturated heterocycles. The van der Waals surface area contributed by atoms with Gasteiger partial charge in [-0.15, -0.1) is 11.8 Å². The highest BCUT2D eigenvalue weighted by Gasteiger charge is 2.16. The van der Waals surface area contributed by atoms with Gasteiger partial charge in [-0.1, -0.05) is 60.2 Å². The Morgan fingerprint density at radius 1 is 1.05 bits per heavy atom. The van der Waals surface area contributed by atoms with E-state index in [0.29, 0.717) is 5.25 Å². The molecule has 2 atom stereocenters. The Bertz CT molecular complexity index is 508. The minimum absolute atomic E-state index is 0.150. The Morgan fingerprint density at radius 3 is 2.42 bits per heavy atom. The first-order valence-corrected chi connectivity index (χ1v) is 7.69. The van der Waals surface area contributed by atoms with E-state index in [1.54, 1.807) is 0 Å². The first-order valence-electron chi connectivity index (χ1n) is 6.64. The summed E-state index contributed by atoms with van der Waals surface area (Å²) in [4.78, 5) is 0. The summed E-state index contributed by atoms with van der Waals surface area (Å²) in [6.07, 6.45) is 0. The topological polar surface area (TPSA) is 26.0 Å². The van der Waals surface area contributed by atoms with Crippen LogP contribution in [-0.2, 0) is 5.75 Å². The Hall–Kier alpha value is -1.25. The van der Waals surface area contributed by atoms with E-state index in [4.69, 9.17) is 5.73 Å². The molecule has 0 amide bonds. The van der Waals surface area contributed by atoms with Crippen LogP contribution in [0.25, 0.3) is 0 Å². The molecule has 2 heteroatoms. The minimum Gasteiger partial charge on any atom is -0.327 e. The number of benzene rings is 2. The smallest absolute Gasteiger partial charge is 0.0448 e. The van der Waals surface area contributed by atoms with Crippen molar-refractivity contribution in [2.45, 2.75) is 30.9 Å². The number of hydrogen-bond acceptors (Lipinski definition) is 2. The molecule has 0 bridgehead atoms. The van der Waals surface area contributed by atoms with E-state index in [-0.39, 0.29) is 6.04 Å². The molecule has 2 aromatic rings. The second-order valence-corrected chi connectivity index (χ2v) is 6.12. The van der Waals surface area contributed by atoms with Gasteiger partial charge in [0.1, 0.15) is 0 Å². The molecular formula is C17H21NS. The maximum atomic E-state index is 6.14. The average Bonchev–Trinajstić information content (AvgIpc) is 2.40. The number of nitrogens with two attached hydrogens (primary N) is 1. The third-order valence-electron chi connectivity index (χ3n) is 3.12. The first kappa shape index (κ1) is 14.2. The molecule has 0 saturated carbocycles. The van der Waals surface area contributed by atoms with Gasteiger partial charge in [-0.05, 0) is 25.0 Å². The molecule has 2 N–H and O–H groups in total. The van der Waals surface area contributed by atoms with Crippen molar-refractivity contribution in [2.75, 3.05) is 0 Å². The van der Waals surface area contributed by atoms with Crippen molar-refractivity contribution >= 4 is 11.8 Å². The van der Waals surface area contributed by atoms with Crippen molar-refractivity contribution in [1.29, 1.82) is 0 Å². The summed E-state index contributed by atoms with van der Waals surface area (Å²) < 4.78 is 0. The van der Waals surface area contributed by atoms with Crippen LogP contribution in [0.15, 0.2) is 54.6 Å². The van der Waals surface area contributed by atoms with Crippen LogP contribution >= 0.6 is 11.8 Å². The maximum absolute atomic E-state index is 6.14. The highest BCUT2D eigenvalue weighted by Crippen LogP contribution is 2.33. The molecule has 2 unspecified atom stereocenters. The highest BCUT2D eigenvalue weighted by molar-refractivity contribution is 7.98. The summed E-state index contributed by atoms with van der Waals surface area (Å²) in [6, 6.07) is 19.4. The number of aryl methyl sites for hydroxylation is 1. The van der Waals surface area contributed by atoms with Crippen molar-refractivity contribution in [2.24, 2.45) is 5.73 Å². The summed E-state index contributed by atoms with van der Waals surface area (Å²) >= 11 is 1.92. The highest BCUT2D eigenvalue weighted by atomic mass is 32.2. The zero-order chi connectivity index (χ0) is 13.7. The summed E-state index contributed by atoms with van der Waals surface area (Å²) in [5, 5.41) is 0.349. The lowest BCUT2D eigenvalue weighted by atomic mass is 10.1. The molecule has 0 aliphatic carbocycles. The van der Waals surface area contributed by atoms with E-state index in [0.717, 1.165) is 5.75 Å². The average molecular weight is 271 g/mol. The van der Waals surface area contributed by atoms with E-state index >= 15 is 0 Å². The van der Waals surface area contributed by atoms with Crippen LogP contribution < -0.4 is 5.73 Å². The first-order chi connectivity index (χ1) is 9.16. The molecule has 0 spiro atoms. The molecule has 2 aromatic carbocycles. The van der Waals surface area contributed by atoms with Gasteiger partial charge in [0.25, 0.3) is 0 Å². The van der Waals surface area contributed by atoms with Crippen LogP contribution in [0.2, 0.25) is 0 Å². The second kappa shape index (κ2) is 6.78. The third-order valence-corrected chi connectivity index (χ3v) is 4.68. The number of rotatable bonds is 5. The molecule has 0 fully saturated rings. The molecule has 100 valence electrons. The standard InChI is InChI=1S/C17H21NS/c1-13-7-6-8-15(11-13)12-19-17(14(2)18)16-9-4-3-5-10-16/h3-11,14,17H,12,18H2,1-2H3. The van der Waals surface area contributed by atoms with E-state index in [2.05, 4.69) is 62.4 Å². The van der Waals surface area contributed by atoms with Crippen molar-refractivity contribution in [3.8, 4) is 0 Å². The van der Waals surface area contributed by atoms with E-state index < -0.39 is 0 Å². The van der Waals surface area contributed by atoms with Gasteiger partial charge in [-0.2, -0.15) is 0 Å². The van der Waals surface area contributed by atoms with Crippen LogP contribution in [-0.4, -0.2) is 6.04 Å². The van der Waals surface area contributed by atoms with Crippen molar-refractivity contribution in [1.82, 2.24) is 0 Å². The molecule has 0 heterocycles. The van der Waals surface area contributed by atoms with Gasteiger partial charge in [-0.25, -0.2) is 0 Å². The number of thioether (sulfide) groups is 1.